The average Bonchev–Trinajstić information content (AvgIpc) is 1.83. The van der Waals surface area contributed by atoms with Crippen molar-refractivity contribution in [3.63, 3.8) is 0 Å². The smallest absolute Gasteiger partial charge is 0.0548 e. The molecule has 2 heteroatoms. The van der Waals surface area contributed by atoms with Crippen molar-refractivity contribution in [3.8, 4) is 0 Å². The molecule has 0 amide bonds. The largest absolute Gasteiger partial charge is 0.269 e. The maximum absolute atomic E-state index is 3.99. The summed E-state index contributed by atoms with van der Waals surface area (Å²) in [6, 6.07) is 0. The molecule has 0 saturated heterocycles. The van der Waals surface area contributed by atoms with Crippen LogP contribution in [0.2, 0.25) is 0 Å². The van der Waals surface area contributed by atoms with E-state index in [1.165, 1.54) is 5.57 Å². The summed E-state index contributed by atoms with van der Waals surface area (Å²) in [5, 5.41) is 5.75. The summed E-state index contributed by atoms with van der Waals surface area (Å²) in [7, 11) is 1.88. The second-order valence-electron chi connectivity index (χ2n) is 2.08. The first-order valence-electron chi connectivity index (χ1n) is 2.85. The average molecular weight is 122 g/mol. The van der Waals surface area contributed by atoms with E-state index in [0.717, 1.165) is 5.70 Å². The third kappa shape index (κ3) is 1.02. The van der Waals surface area contributed by atoms with Gasteiger partial charge in [-0.1, -0.05) is 6.58 Å². The number of nitrogens with zero attached hydrogens (tertiary/aromatic N) is 2. The number of allylic oxidation sites excluding steroid dienone is 2. The zero-order valence-corrected chi connectivity index (χ0v) is 5.76. The van der Waals surface area contributed by atoms with Crippen LogP contribution in [0.3, 0.4) is 0 Å². The Kier molecular flexibility index (Phi) is 1.39. The Morgan fingerprint density at radius 2 is 2.33 bits per heavy atom. The van der Waals surface area contributed by atoms with Gasteiger partial charge in [-0.2, -0.15) is 5.10 Å². The molecule has 0 saturated carbocycles. The van der Waals surface area contributed by atoms with E-state index < -0.39 is 0 Å². The first-order chi connectivity index (χ1) is 4.22. The van der Waals surface area contributed by atoms with Crippen LogP contribution in [0.5, 0.6) is 0 Å². The Labute approximate surface area is 55.2 Å². The summed E-state index contributed by atoms with van der Waals surface area (Å²) < 4.78 is 0. The van der Waals surface area contributed by atoms with E-state index in [0.29, 0.717) is 0 Å². The van der Waals surface area contributed by atoms with Crippen LogP contribution in [0.4, 0.5) is 0 Å². The van der Waals surface area contributed by atoms with Gasteiger partial charge in [-0.3, -0.25) is 5.01 Å². The first kappa shape index (κ1) is 6.08. The Morgan fingerprint density at radius 1 is 1.67 bits per heavy atom. The molecular weight excluding hydrogens is 112 g/mol. The van der Waals surface area contributed by atoms with E-state index in [2.05, 4.69) is 11.7 Å². The molecule has 0 bridgehead atoms. The summed E-state index contributed by atoms with van der Waals surface area (Å²) in [4.78, 5) is 0. The second-order valence-corrected chi connectivity index (χ2v) is 2.08. The van der Waals surface area contributed by atoms with Gasteiger partial charge in [-0.05, 0) is 18.6 Å². The third-order valence-electron chi connectivity index (χ3n) is 1.41. The molecule has 9 heavy (non-hydrogen) atoms. The summed E-state index contributed by atoms with van der Waals surface area (Å²) in [5.41, 5.74) is 2.14. The van der Waals surface area contributed by atoms with Crippen LogP contribution in [0.15, 0.2) is 29.0 Å². The minimum Gasteiger partial charge on any atom is -0.269 e. The molecule has 0 N–H and O–H groups in total. The fourth-order valence-corrected chi connectivity index (χ4v) is 0.666. The predicted molar refractivity (Wildman–Crippen MR) is 39.2 cm³/mol. The maximum Gasteiger partial charge on any atom is 0.0548 e. The van der Waals surface area contributed by atoms with E-state index in [9.17, 15) is 0 Å². The highest BCUT2D eigenvalue weighted by atomic mass is 15.4. The van der Waals surface area contributed by atoms with Gasteiger partial charge in [-0.15, -0.1) is 0 Å². The lowest BCUT2D eigenvalue weighted by Crippen LogP contribution is -2.13. The van der Waals surface area contributed by atoms with Crippen LogP contribution in [-0.4, -0.2) is 18.3 Å². The van der Waals surface area contributed by atoms with Crippen LogP contribution in [0.25, 0.3) is 0 Å². The van der Waals surface area contributed by atoms with Crippen molar-refractivity contribution < 1.29 is 0 Å². The lowest BCUT2D eigenvalue weighted by molar-refractivity contribution is 0.455. The van der Waals surface area contributed by atoms with Gasteiger partial charge < -0.3 is 0 Å². The molecule has 0 radical (unpaired) electrons. The van der Waals surface area contributed by atoms with Gasteiger partial charge in [0.25, 0.3) is 0 Å². The third-order valence-corrected chi connectivity index (χ3v) is 1.41. The van der Waals surface area contributed by atoms with Crippen molar-refractivity contribution in [2.75, 3.05) is 7.05 Å². The second kappa shape index (κ2) is 2.05. The number of likely N-dealkylation sites (N-methyl/N-ethyl adjacent to an activating group) is 1. The van der Waals surface area contributed by atoms with Crippen molar-refractivity contribution in [1.29, 1.82) is 0 Å². The van der Waals surface area contributed by atoms with Crippen molar-refractivity contribution in [2.45, 2.75) is 6.92 Å². The van der Waals surface area contributed by atoms with E-state index >= 15 is 0 Å². The fourth-order valence-electron chi connectivity index (χ4n) is 0.666. The van der Waals surface area contributed by atoms with E-state index in [1.807, 2.05) is 20.0 Å². The topological polar surface area (TPSA) is 15.6 Å². The van der Waals surface area contributed by atoms with Crippen LogP contribution in [0, 0.1) is 0 Å². The van der Waals surface area contributed by atoms with Gasteiger partial charge in [-0.25, -0.2) is 0 Å². The van der Waals surface area contributed by atoms with E-state index in [4.69, 9.17) is 0 Å². The molecule has 0 fully saturated rings. The lowest BCUT2D eigenvalue weighted by atomic mass is 10.2. The van der Waals surface area contributed by atoms with Crippen molar-refractivity contribution in [2.24, 2.45) is 5.10 Å². The quantitative estimate of drug-likeness (QED) is 0.474. The van der Waals surface area contributed by atoms with Gasteiger partial charge in [0.05, 0.1) is 5.70 Å². The van der Waals surface area contributed by atoms with Crippen LogP contribution >= 0.6 is 0 Å². The summed E-state index contributed by atoms with van der Waals surface area (Å²) in [6.45, 7) is 5.84. The van der Waals surface area contributed by atoms with Crippen molar-refractivity contribution >= 4 is 6.21 Å². The Hall–Kier alpha value is -1.05. The zero-order chi connectivity index (χ0) is 6.85. The van der Waals surface area contributed by atoms with Crippen LogP contribution in [0.1, 0.15) is 6.92 Å². The van der Waals surface area contributed by atoms with Gasteiger partial charge in [0.1, 0.15) is 0 Å². The predicted octanol–water partition coefficient (Wildman–Crippen LogP) is 1.38. The molecule has 0 aromatic carbocycles. The Bertz CT molecular complexity index is 189. The molecule has 0 aromatic heterocycles. The Balaban J connectivity index is 2.86. The molecule has 1 heterocycles. The van der Waals surface area contributed by atoms with E-state index in [1.54, 1.807) is 11.2 Å². The number of hydrazone groups is 1. The maximum atomic E-state index is 3.99. The van der Waals surface area contributed by atoms with Gasteiger partial charge in [0.15, 0.2) is 0 Å². The number of rotatable bonds is 0. The lowest BCUT2D eigenvalue weighted by Gasteiger charge is -2.18. The molecular formula is C7H10N2. The summed E-state index contributed by atoms with van der Waals surface area (Å²) >= 11 is 0. The van der Waals surface area contributed by atoms with Gasteiger partial charge in [0, 0.05) is 13.3 Å². The Morgan fingerprint density at radius 3 is 2.78 bits per heavy atom. The molecule has 0 aliphatic carbocycles. The SMILES string of the molecule is C=C1C(C)=CC=NN1C. The molecule has 48 valence electrons. The molecule has 0 atom stereocenters. The monoisotopic (exact) mass is 122 g/mol. The minimum atomic E-state index is 0.970. The molecule has 0 aromatic rings. The summed E-state index contributed by atoms with van der Waals surface area (Å²) in [6.07, 6.45) is 3.71. The van der Waals surface area contributed by atoms with Crippen LogP contribution in [-0.2, 0) is 0 Å². The highest BCUT2D eigenvalue weighted by molar-refractivity contribution is 5.74. The molecule has 0 spiro atoms. The zero-order valence-electron chi connectivity index (χ0n) is 5.76. The van der Waals surface area contributed by atoms with Gasteiger partial charge >= 0.3 is 0 Å². The molecule has 1 aliphatic rings. The fraction of sp³-hybridized carbons (Fsp3) is 0.286. The molecule has 1 rings (SSSR count). The normalized spacial score (nSPS) is 18.2. The summed E-state index contributed by atoms with van der Waals surface area (Å²) in [5.74, 6) is 0. The molecule has 0 unspecified atom stereocenters. The van der Waals surface area contributed by atoms with Crippen molar-refractivity contribution in [3.05, 3.63) is 23.9 Å². The van der Waals surface area contributed by atoms with Crippen molar-refractivity contribution in [1.82, 2.24) is 5.01 Å². The molecule has 2 nitrogen and oxygen atoms in total. The highest BCUT2D eigenvalue weighted by Gasteiger charge is 2.03. The molecule has 1 aliphatic heterocycles. The minimum absolute atomic E-state index is 0.970. The standard InChI is InChI=1S/C7H10N2/c1-6-4-5-8-9(3)7(6)2/h4-5H,2H2,1,3H3. The van der Waals surface area contributed by atoms with E-state index in [-0.39, 0.29) is 0 Å². The number of hydrogen-bond acceptors (Lipinski definition) is 2. The van der Waals surface area contributed by atoms with Crippen LogP contribution < -0.4 is 0 Å². The van der Waals surface area contributed by atoms with Gasteiger partial charge in [0.2, 0.25) is 0 Å². The highest BCUT2D eigenvalue weighted by Crippen LogP contribution is 2.12. The first-order valence-corrected chi connectivity index (χ1v) is 2.85. The number of hydrogen-bond donors (Lipinski definition) is 0.